The fourth-order valence-electron chi connectivity index (χ4n) is 2.20. The summed E-state index contributed by atoms with van der Waals surface area (Å²) in [5.74, 6) is -0.364. The number of benzene rings is 2. The van der Waals surface area contributed by atoms with Crippen LogP contribution in [0.5, 0.6) is 5.75 Å². The number of carbonyl (C=O) groups is 1. The molecule has 0 unspecified atom stereocenters. The first-order valence-corrected chi connectivity index (χ1v) is 9.74. The van der Waals surface area contributed by atoms with Crippen molar-refractivity contribution in [3.8, 4) is 5.75 Å². The molecule has 0 aliphatic heterocycles. The molecule has 0 saturated carbocycles. The second kappa shape index (κ2) is 7.74. The van der Waals surface area contributed by atoms with Crippen LogP contribution in [-0.2, 0) is 21.4 Å². The summed E-state index contributed by atoms with van der Waals surface area (Å²) in [6, 6.07) is 12.1. The van der Waals surface area contributed by atoms with Gasteiger partial charge in [-0.25, -0.2) is 12.8 Å². The maximum atomic E-state index is 12.9. The molecule has 1 amide bonds. The lowest BCUT2D eigenvalue weighted by Crippen LogP contribution is -2.46. The Morgan fingerprint density at radius 3 is 2.42 bits per heavy atom. The average Bonchev–Trinajstić information content (AvgIpc) is 2.53. The van der Waals surface area contributed by atoms with E-state index in [1.54, 1.807) is 38.1 Å². The maximum absolute atomic E-state index is 12.9. The van der Waals surface area contributed by atoms with Crippen LogP contribution in [0.15, 0.2) is 48.5 Å². The van der Waals surface area contributed by atoms with Gasteiger partial charge in [-0.05, 0) is 55.8 Å². The van der Waals surface area contributed by atoms with E-state index >= 15 is 0 Å². The van der Waals surface area contributed by atoms with E-state index in [1.165, 1.54) is 24.3 Å². The van der Waals surface area contributed by atoms with Gasteiger partial charge in [-0.3, -0.25) is 9.52 Å². The Bertz CT molecular complexity index is 880. The molecule has 0 atom stereocenters. The predicted octanol–water partition coefficient (Wildman–Crippen LogP) is 2.67. The molecule has 8 heteroatoms. The third-order valence-corrected chi connectivity index (χ3v) is 4.02. The average molecular weight is 380 g/mol. The van der Waals surface area contributed by atoms with Gasteiger partial charge < -0.3 is 10.1 Å². The summed E-state index contributed by atoms with van der Waals surface area (Å²) in [5, 5.41) is 2.75. The van der Waals surface area contributed by atoms with Gasteiger partial charge in [0.2, 0.25) is 10.0 Å². The van der Waals surface area contributed by atoms with Crippen molar-refractivity contribution in [3.63, 3.8) is 0 Å². The zero-order chi connectivity index (χ0) is 19.4. The Morgan fingerprint density at radius 2 is 1.81 bits per heavy atom. The largest absolute Gasteiger partial charge is 0.478 e. The molecule has 0 aromatic heterocycles. The summed E-state index contributed by atoms with van der Waals surface area (Å²) in [6.07, 6.45) is 1.07. The number of rotatable bonds is 7. The number of nitrogens with one attached hydrogen (secondary N) is 2. The second-order valence-electron chi connectivity index (χ2n) is 6.32. The Kier molecular flexibility index (Phi) is 5.86. The number of anilines is 1. The highest BCUT2D eigenvalue weighted by molar-refractivity contribution is 7.92. The van der Waals surface area contributed by atoms with Crippen LogP contribution in [-0.4, -0.2) is 26.2 Å². The number of hydrogen-bond donors (Lipinski definition) is 2. The minimum Gasteiger partial charge on any atom is -0.478 e. The van der Waals surface area contributed by atoms with Crippen molar-refractivity contribution in [2.45, 2.75) is 26.0 Å². The van der Waals surface area contributed by atoms with Crippen LogP contribution in [0, 0.1) is 5.82 Å². The van der Waals surface area contributed by atoms with E-state index in [2.05, 4.69) is 10.0 Å². The molecule has 0 spiro atoms. The van der Waals surface area contributed by atoms with Gasteiger partial charge in [0.25, 0.3) is 5.91 Å². The van der Waals surface area contributed by atoms with Crippen molar-refractivity contribution in [3.05, 3.63) is 59.9 Å². The van der Waals surface area contributed by atoms with Crippen LogP contribution < -0.4 is 14.8 Å². The fraction of sp³-hybridized carbons (Fsp3) is 0.278. The topological polar surface area (TPSA) is 84.5 Å². The van der Waals surface area contributed by atoms with E-state index in [0.717, 1.165) is 11.8 Å². The summed E-state index contributed by atoms with van der Waals surface area (Å²) in [6.45, 7) is 3.41. The summed E-state index contributed by atoms with van der Waals surface area (Å²) in [4.78, 5) is 12.4. The van der Waals surface area contributed by atoms with Gasteiger partial charge in [0, 0.05) is 12.2 Å². The molecule has 2 rings (SSSR count). The van der Waals surface area contributed by atoms with Crippen molar-refractivity contribution in [1.29, 1.82) is 0 Å². The van der Waals surface area contributed by atoms with Gasteiger partial charge in [0.05, 0.1) is 6.26 Å². The molecular weight excluding hydrogens is 359 g/mol. The molecule has 0 saturated heterocycles. The summed E-state index contributed by atoms with van der Waals surface area (Å²) < 4.78 is 43.5. The first-order chi connectivity index (χ1) is 12.0. The number of ether oxygens (including phenoxy) is 1. The minimum absolute atomic E-state index is 0.203. The Balaban J connectivity index is 1.98. The number of amides is 1. The predicted molar refractivity (Wildman–Crippen MR) is 97.9 cm³/mol. The molecule has 2 aromatic rings. The Hall–Kier alpha value is -2.61. The minimum atomic E-state index is -3.37. The van der Waals surface area contributed by atoms with Crippen molar-refractivity contribution in [1.82, 2.24) is 5.32 Å². The van der Waals surface area contributed by atoms with Crippen LogP contribution in [0.3, 0.4) is 0 Å². The monoisotopic (exact) mass is 380 g/mol. The van der Waals surface area contributed by atoms with Gasteiger partial charge in [0.15, 0.2) is 5.60 Å². The molecule has 140 valence electrons. The molecular formula is C18H21FN2O4S. The molecule has 26 heavy (non-hydrogen) atoms. The maximum Gasteiger partial charge on any atom is 0.263 e. The zero-order valence-electron chi connectivity index (χ0n) is 14.7. The fourth-order valence-corrected chi connectivity index (χ4v) is 2.75. The molecule has 0 bridgehead atoms. The van der Waals surface area contributed by atoms with E-state index in [1.807, 2.05) is 0 Å². The summed E-state index contributed by atoms with van der Waals surface area (Å²) in [5.41, 5.74) is -0.0221. The normalized spacial score (nSPS) is 11.7. The van der Waals surface area contributed by atoms with Crippen LogP contribution in [0.2, 0.25) is 0 Å². The van der Waals surface area contributed by atoms with Gasteiger partial charge in [-0.1, -0.05) is 12.1 Å². The molecule has 0 fully saturated rings. The molecule has 6 nitrogen and oxygen atoms in total. The van der Waals surface area contributed by atoms with E-state index in [-0.39, 0.29) is 18.3 Å². The van der Waals surface area contributed by atoms with Gasteiger partial charge in [0.1, 0.15) is 11.6 Å². The SMILES string of the molecule is CC(C)(Oc1ccc(F)cc1)C(=O)NCc1cccc(NS(C)(=O)=O)c1. The highest BCUT2D eigenvalue weighted by Crippen LogP contribution is 2.19. The van der Waals surface area contributed by atoms with Crippen LogP contribution in [0.4, 0.5) is 10.1 Å². The first kappa shape index (κ1) is 19.7. The number of carbonyl (C=O) groups excluding carboxylic acids is 1. The molecule has 0 aliphatic rings. The van der Waals surface area contributed by atoms with Gasteiger partial charge in [-0.15, -0.1) is 0 Å². The summed E-state index contributed by atoms with van der Waals surface area (Å²) >= 11 is 0. The Labute approximate surface area is 152 Å². The van der Waals surface area contributed by atoms with Crippen LogP contribution in [0.1, 0.15) is 19.4 Å². The number of halogens is 1. The van der Waals surface area contributed by atoms with E-state index < -0.39 is 15.6 Å². The standard InChI is InChI=1S/C18H21FN2O4S/c1-18(2,25-16-9-7-14(19)8-10-16)17(22)20-12-13-5-4-6-15(11-13)21-26(3,23)24/h4-11,21H,12H2,1-3H3,(H,20,22). The van der Waals surface area contributed by atoms with Crippen LogP contribution in [0.25, 0.3) is 0 Å². The molecule has 2 aromatic carbocycles. The number of sulfonamides is 1. The van der Waals surface area contributed by atoms with Gasteiger partial charge in [-0.2, -0.15) is 0 Å². The molecule has 0 heterocycles. The highest BCUT2D eigenvalue weighted by atomic mass is 32.2. The molecule has 0 aliphatic carbocycles. The van der Waals surface area contributed by atoms with Gasteiger partial charge >= 0.3 is 0 Å². The zero-order valence-corrected chi connectivity index (χ0v) is 15.6. The summed E-state index contributed by atoms with van der Waals surface area (Å²) in [7, 11) is -3.37. The second-order valence-corrected chi connectivity index (χ2v) is 8.07. The smallest absolute Gasteiger partial charge is 0.263 e. The quantitative estimate of drug-likeness (QED) is 0.773. The van der Waals surface area contributed by atoms with E-state index in [0.29, 0.717) is 11.4 Å². The lowest BCUT2D eigenvalue weighted by Gasteiger charge is -2.25. The van der Waals surface area contributed by atoms with Crippen molar-refractivity contribution >= 4 is 21.6 Å². The van der Waals surface area contributed by atoms with Crippen LogP contribution >= 0.6 is 0 Å². The molecule has 0 radical (unpaired) electrons. The third-order valence-electron chi connectivity index (χ3n) is 3.42. The van der Waals surface area contributed by atoms with Crippen molar-refractivity contribution < 1.29 is 22.3 Å². The lowest BCUT2D eigenvalue weighted by molar-refractivity contribution is -0.134. The third kappa shape index (κ3) is 6.03. The lowest BCUT2D eigenvalue weighted by atomic mass is 10.1. The highest BCUT2D eigenvalue weighted by Gasteiger charge is 2.29. The van der Waals surface area contributed by atoms with Crippen molar-refractivity contribution in [2.75, 3.05) is 11.0 Å². The Morgan fingerprint density at radius 1 is 1.15 bits per heavy atom. The molecule has 2 N–H and O–H groups in total. The van der Waals surface area contributed by atoms with Crippen molar-refractivity contribution in [2.24, 2.45) is 0 Å². The first-order valence-electron chi connectivity index (χ1n) is 7.85. The van der Waals surface area contributed by atoms with E-state index in [4.69, 9.17) is 4.74 Å². The number of hydrogen-bond acceptors (Lipinski definition) is 4. The van der Waals surface area contributed by atoms with E-state index in [9.17, 15) is 17.6 Å².